The maximum atomic E-state index is 12.1. The molecule has 1 aromatic rings. The molecule has 2 heteroatoms. The second-order valence-electron chi connectivity index (χ2n) is 8.19. The zero-order valence-corrected chi connectivity index (χ0v) is 13.4. The lowest BCUT2D eigenvalue weighted by Gasteiger charge is -2.57. The van der Waals surface area contributed by atoms with Crippen molar-refractivity contribution in [3.8, 4) is 0 Å². The smallest absolute Gasteiger partial charge is 0.224 e. The van der Waals surface area contributed by atoms with Crippen LogP contribution < -0.4 is 5.32 Å². The first kappa shape index (κ1) is 14.3. The third-order valence-corrected chi connectivity index (χ3v) is 6.33. The average Bonchev–Trinajstić information content (AvgIpc) is 2.46. The fourth-order valence-electron chi connectivity index (χ4n) is 5.97. The number of hydrogen-bond acceptors (Lipinski definition) is 1. The predicted octanol–water partition coefficient (Wildman–Crippen LogP) is 5.01. The molecule has 0 aromatic heterocycles. The van der Waals surface area contributed by atoms with Gasteiger partial charge in [-0.1, -0.05) is 18.2 Å². The normalized spacial score (nSPS) is 35.5. The maximum Gasteiger partial charge on any atom is 0.224 e. The number of benzene rings is 1. The van der Waals surface area contributed by atoms with E-state index in [1.165, 1.54) is 44.9 Å². The molecule has 4 aliphatic carbocycles. The van der Waals surface area contributed by atoms with E-state index >= 15 is 0 Å². The zero-order valence-electron chi connectivity index (χ0n) is 13.4. The van der Waals surface area contributed by atoms with E-state index in [2.05, 4.69) is 5.32 Å². The Bertz CT molecular complexity index is 501. The molecule has 4 saturated carbocycles. The molecule has 1 amide bonds. The Balaban J connectivity index is 1.27. The summed E-state index contributed by atoms with van der Waals surface area (Å²) in [4.78, 5) is 12.1. The second kappa shape index (κ2) is 5.72. The van der Waals surface area contributed by atoms with E-state index in [0.717, 1.165) is 29.9 Å². The van der Waals surface area contributed by atoms with Gasteiger partial charge in [0.05, 0.1) is 0 Å². The van der Waals surface area contributed by atoms with Crippen LogP contribution in [0.2, 0.25) is 0 Å². The minimum atomic E-state index is 0.177. The first-order valence-electron chi connectivity index (χ1n) is 9.06. The first-order chi connectivity index (χ1) is 10.7. The van der Waals surface area contributed by atoms with E-state index < -0.39 is 0 Å². The van der Waals surface area contributed by atoms with Crippen LogP contribution in [-0.4, -0.2) is 5.91 Å². The van der Waals surface area contributed by atoms with Crippen molar-refractivity contribution in [2.24, 2.45) is 23.2 Å². The predicted molar refractivity (Wildman–Crippen MR) is 89.5 cm³/mol. The summed E-state index contributed by atoms with van der Waals surface area (Å²) < 4.78 is 0. The van der Waals surface area contributed by atoms with Gasteiger partial charge < -0.3 is 5.32 Å². The van der Waals surface area contributed by atoms with Gasteiger partial charge in [-0.05, 0) is 86.7 Å². The van der Waals surface area contributed by atoms with Crippen LogP contribution in [0.1, 0.15) is 57.8 Å². The number of amides is 1. The Morgan fingerprint density at radius 3 is 2.18 bits per heavy atom. The largest absolute Gasteiger partial charge is 0.326 e. The summed E-state index contributed by atoms with van der Waals surface area (Å²) in [5, 5.41) is 3.01. The Kier molecular flexibility index (Phi) is 3.71. The van der Waals surface area contributed by atoms with E-state index in [-0.39, 0.29) is 5.91 Å². The van der Waals surface area contributed by atoms with Gasteiger partial charge >= 0.3 is 0 Å². The summed E-state index contributed by atoms with van der Waals surface area (Å²) in [5.74, 6) is 3.23. The van der Waals surface area contributed by atoms with Crippen molar-refractivity contribution in [2.45, 2.75) is 57.8 Å². The van der Waals surface area contributed by atoms with Gasteiger partial charge in [0.25, 0.3) is 0 Å². The monoisotopic (exact) mass is 297 g/mol. The van der Waals surface area contributed by atoms with Crippen LogP contribution in [0.3, 0.4) is 0 Å². The van der Waals surface area contributed by atoms with Crippen LogP contribution in [0.4, 0.5) is 5.69 Å². The fourth-order valence-corrected chi connectivity index (χ4v) is 5.97. The molecule has 22 heavy (non-hydrogen) atoms. The van der Waals surface area contributed by atoms with Gasteiger partial charge in [0.1, 0.15) is 0 Å². The van der Waals surface area contributed by atoms with Crippen LogP contribution in [0, 0.1) is 23.2 Å². The van der Waals surface area contributed by atoms with Crippen LogP contribution in [-0.2, 0) is 4.79 Å². The molecule has 0 heterocycles. The standard InChI is InChI=1S/C20H27NO/c22-19(21-18-5-2-1-3-6-18)7-4-8-20-12-15-9-16(13-20)11-17(10-15)14-20/h1-3,5-6,15-17H,4,7-14H2,(H,21,22). The van der Waals surface area contributed by atoms with Gasteiger partial charge in [-0.2, -0.15) is 0 Å². The molecular formula is C20H27NO. The Morgan fingerprint density at radius 2 is 1.59 bits per heavy atom. The summed E-state index contributed by atoms with van der Waals surface area (Å²) in [5.41, 5.74) is 1.53. The second-order valence-corrected chi connectivity index (χ2v) is 8.19. The van der Waals surface area contributed by atoms with Crippen molar-refractivity contribution in [1.82, 2.24) is 0 Å². The summed E-state index contributed by atoms with van der Waals surface area (Å²) >= 11 is 0. The highest BCUT2D eigenvalue weighted by Gasteiger charge is 2.50. The molecule has 0 unspecified atom stereocenters. The molecule has 0 aliphatic heterocycles. The molecule has 0 atom stereocenters. The van der Waals surface area contributed by atoms with Gasteiger partial charge in [-0.25, -0.2) is 0 Å². The number of carbonyl (C=O) groups is 1. The van der Waals surface area contributed by atoms with Crippen LogP contribution in [0.15, 0.2) is 30.3 Å². The first-order valence-corrected chi connectivity index (χ1v) is 9.06. The quantitative estimate of drug-likeness (QED) is 0.813. The number of anilines is 1. The number of rotatable bonds is 5. The molecule has 0 spiro atoms. The molecule has 4 aliphatic rings. The lowest BCUT2D eigenvalue weighted by Crippen LogP contribution is -2.46. The highest BCUT2D eigenvalue weighted by molar-refractivity contribution is 5.90. The lowest BCUT2D eigenvalue weighted by atomic mass is 9.48. The fraction of sp³-hybridized carbons (Fsp3) is 0.650. The Morgan fingerprint density at radius 1 is 1.00 bits per heavy atom. The molecule has 4 bridgehead atoms. The van der Waals surface area contributed by atoms with E-state index in [9.17, 15) is 4.79 Å². The topological polar surface area (TPSA) is 29.1 Å². The molecule has 4 fully saturated rings. The van der Waals surface area contributed by atoms with Gasteiger partial charge in [0.2, 0.25) is 5.91 Å². The third kappa shape index (κ3) is 2.93. The van der Waals surface area contributed by atoms with Crippen molar-refractivity contribution in [3.05, 3.63) is 30.3 Å². The Hall–Kier alpha value is -1.31. The van der Waals surface area contributed by atoms with Gasteiger partial charge in [-0.15, -0.1) is 0 Å². The van der Waals surface area contributed by atoms with Crippen LogP contribution in [0.25, 0.3) is 0 Å². The third-order valence-electron chi connectivity index (χ3n) is 6.33. The molecular weight excluding hydrogens is 270 g/mol. The summed E-state index contributed by atoms with van der Waals surface area (Å²) in [6.45, 7) is 0. The highest BCUT2D eigenvalue weighted by atomic mass is 16.1. The van der Waals surface area contributed by atoms with Crippen LogP contribution >= 0.6 is 0 Å². The minimum absolute atomic E-state index is 0.177. The van der Waals surface area contributed by atoms with Gasteiger partial charge in [0, 0.05) is 12.1 Å². The van der Waals surface area contributed by atoms with E-state index in [4.69, 9.17) is 0 Å². The van der Waals surface area contributed by atoms with Crippen molar-refractivity contribution >= 4 is 11.6 Å². The molecule has 2 nitrogen and oxygen atoms in total. The van der Waals surface area contributed by atoms with Gasteiger partial charge in [0.15, 0.2) is 0 Å². The molecule has 0 radical (unpaired) electrons. The number of hydrogen-bond donors (Lipinski definition) is 1. The highest BCUT2D eigenvalue weighted by Crippen LogP contribution is 2.61. The zero-order chi connectivity index (χ0) is 15.0. The molecule has 0 saturated heterocycles. The van der Waals surface area contributed by atoms with Crippen molar-refractivity contribution in [1.29, 1.82) is 0 Å². The SMILES string of the molecule is O=C(CCCC12CC3CC(CC(C3)C1)C2)Nc1ccccc1. The summed E-state index contributed by atoms with van der Waals surface area (Å²) in [6.07, 6.45) is 11.9. The average molecular weight is 297 g/mol. The van der Waals surface area contributed by atoms with Crippen molar-refractivity contribution in [3.63, 3.8) is 0 Å². The van der Waals surface area contributed by atoms with Crippen LogP contribution in [0.5, 0.6) is 0 Å². The maximum absolute atomic E-state index is 12.1. The number of para-hydroxylation sites is 1. The molecule has 1 aromatic carbocycles. The molecule has 5 rings (SSSR count). The lowest BCUT2D eigenvalue weighted by molar-refractivity contribution is -0.116. The summed E-state index contributed by atoms with van der Waals surface area (Å²) in [6, 6.07) is 9.81. The van der Waals surface area contributed by atoms with E-state index in [1.807, 2.05) is 30.3 Å². The Labute approximate surface area is 133 Å². The van der Waals surface area contributed by atoms with Crippen molar-refractivity contribution < 1.29 is 4.79 Å². The van der Waals surface area contributed by atoms with Crippen molar-refractivity contribution in [2.75, 3.05) is 5.32 Å². The van der Waals surface area contributed by atoms with E-state index in [1.54, 1.807) is 0 Å². The van der Waals surface area contributed by atoms with Gasteiger partial charge in [-0.3, -0.25) is 4.79 Å². The molecule has 1 N–H and O–H groups in total. The van der Waals surface area contributed by atoms with E-state index in [0.29, 0.717) is 11.8 Å². The minimum Gasteiger partial charge on any atom is -0.326 e. The number of nitrogens with one attached hydrogen (secondary N) is 1. The number of carbonyl (C=O) groups excluding carboxylic acids is 1. The summed E-state index contributed by atoms with van der Waals surface area (Å²) in [7, 11) is 0. The molecule has 118 valence electrons.